The number of fused-ring (bicyclic) bond motifs is 6. The number of pyridine rings is 1. The molecule has 0 spiro atoms. The largest absolute Gasteiger partial charge is 0.309 e. The first-order valence-electron chi connectivity index (χ1n) is 20.8. The van der Waals surface area contributed by atoms with Crippen molar-refractivity contribution in [2.24, 2.45) is 0 Å². The normalized spacial score (nSPS) is 11.5. The molecule has 0 amide bonds. The van der Waals surface area contributed by atoms with Crippen LogP contribution in [0.4, 0.5) is 0 Å². The molecular formula is C56H36N6. The van der Waals surface area contributed by atoms with E-state index in [-0.39, 0.29) is 0 Å². The molecule has 62 heavy (non-hydrogen) atoms. The van der Waals surface area contributed by atoms with Crippen molar-refractivity contribution in [1.82, 2.24) is 29.1 Å². The van der Waals surface area contributed by atoms with Crippen LogP contribution in [-0.4, -0.2) is 29.1 Å². The fraction of sp³-hybridized carbons (Fsp3) is 0. The maximum atomic E-state index is 5.30. The van der Waals surface area contributed by atoms with E-state index in [0.29, 0.717) is 17.6 Å². The average molecular weight is 793 g/mol. The van der Waals surface area contributed by atoms with Crippen molar-refractivity contribution in [3.63, 3.8) is 0 Å². The van der Waals surface area contributed by atoms with Gasteiger partial charge >= 0.3 is 0 Å². The van der Waals surface area contributed by atoms with Crippen molar-refractivity contribution >= 4 is 43.6 Å². The first-order valence-corrected chi connectivity index (χ1v) is 20.8. The summed E-state index contributed by atoms with van der Waals surface area (Å²) < 4.78 is 4.59. The number of para-hydroxylation sites is 2. The van der Waals surface area contributed by atoms with E-state index in [9.17, 15) is 0 Å². The van der Waals surface area contributed by atoms with Crippen molar-refractivity contribution in [3.8, 4) is 68.1 Å². The summed E-state index contributed by atoms with van der Waals surface area (Å²) in [5.41, 5.74) is 13.5. The minimum absolute atomic E-state index is 0.561. The lowest BCUT2D eigenvalue weighted by atomic mass is 10.0. The van der Waals surface area contributed by atoms with Crippen LogP contribution in [-0.2, 0) is 0 Å². The third-order valence-corrected chi connectivity index (χ3v) is 11.8. The molecule has 290 valence electrons. The van der Waals surface area contributed by atoms with Gasteiger partial charge in [0.2, 0.25) is 5.95 Å². The summed E-state index contributed by atoms with van der Waals surface area (Å²) in [6.07, 6.45) is 0. The Kier molecular flexibility index (Phi) is 8.38. The molecular weight excluding hydrogens is 757 g/mol. The lowest BCUT2D eigenvalue weighted by molar-refractivity contribution is 0.954. The molecule has 0 aliphatic rings. The molecule has 0 saturated carbocycles. The second kappa shape index (κ2) is 14.7. The fourth-order valence-electron chi connectivity index (χ4n) is 8.87. The number of rotatable bonds is 7. The molecule has 6 heteroatoms. The molecule has 6 nitrogen and oxygen atoms in total. The molecule has 4 heterocycles. The predicted molar refractivity (Wildman–Crippen MR) is 253 cm³/mol. The molecule has 0 bridgehead atoms. The van der Waals surface area contributed by atoms with Gasteiger partial charge in [0.05, 0.1) is 33.5 Å². The summed E-state index contributed by atoms with van der Waals surface area (Å²) in [7, 11) is 0. The van der Waals surface area contributed by atoms with E-state index in [0.717, 1.165) is 94.1 Å². The number of nitrogens with zero attached hydrogens (tertiary/aromatic N) is 6. The van der Waals surface area contributed by atoms with E-state index in [4.69, 9.17) is 19.9 Å². The molecule has 12 aromatic rings. The number of benzene rings is 8. The van der Waals surface area contributed by atoms with Gasteiger partial charge in [0.15, 0.2) is 11.6 Å². The summed E-state index contributed by atoms with van der Waals surface area (Å²) in [4.78, 5) is 20.8. The smallest absolute Gasteiger partial charge is 0.238 e. The van der Waals surface area contributed by atoms with Gasteiger partial charge < -0.3 is 4.57 Å². The highest BCUT2D eigenvalue weighted by Gasteiger charge is 2.21. The van der Waals surface area contributed by atoms with Crippen LogP contribution in [0.2, 0.25) is 0 Å². The average Bonchev–Trinajstić information content (AvgIpc) is 3.86. The van der Waals surface area contributed by atoms with Crippen molar-refractivity contribution in [3.05, 3.63) is 218 Å². The van der Waals surface area contributed by atoms with E-state index in [1.165, 1.54) is 0 Å². The third-order valence-electron chi connectivity index (χ3n) is 11.8. The Morgan fingerprint density at radius 3 is 1.44 bits per heavy atom. The first kappa shape index (κ1) is 35.5. The molecule has 0 aliphatic carbocycles. The molecule has 0 aliphatic heterocycles. The van der Waals surface area contributed by atoms with Gasteiger partial charge in [-0.1, -0.05) is 164 Å². The summed E-state index contributed by atoms with van der Waals surface area (Å²) in [5, 5.41) is 4.53. The molecule has 0 N–H and O–H groups in total. The Labute approximate surface area is 357 Å². The molecule has 0 fully saturated rings. The van der Waals surface area contributed by atoms with Gasteiger partial charge in [0, 0.05) is 49.5 Å². The lowest BCUT2D eigenvalue weighted by Gasteiger charge is -2.12. The van der Waals surface area contributed by atoms with E-state index in [2.05, 4.69) is 197 Å². The highest BCUT2D eigenvalue weighted by Crippen LogP contribution is 2.40. The van der Waals surface area contributed by atoms with E-state index >= 15 is 0 Å². The van der Waals surface area contributed by atoms with Crippen LogP contribution in [0.5, 0.6) is 0 Å². The lowest BCUT2D eigenvalue weighted by Crippen LogP contribution is -2.06. The van der Waals surface area contributed by atoms with Crippen molar-refractivity contribution in [1.29, 1.82) is 0 Å². The van der Waals surface area contributed by atoms with Crippen LogP contribution in [0.1, 0.15) is 0 Å². The predicted octanol–water partition coefficient (Wildman–Crippen LogP) is 13.8. The molecule has 4 aromatic heterocycles. The highest BCUT2D eigenvalue weighted by atomic mass is 15.2. The van der Waals surface area contributed by atoms with Crippen LogP contribution in [0.3, 0.4) is 0 Å². The zero-order valence-corrected chi connectivity index (χ0v) is 33.5. The topological polar surface area (TPSA) is 61.4 Å². The van der Waals surface area contributed by atoms with Gasteiger partial charge in [-0.3, -0.25) is 4.57 Å². The van der Waals surface area contributed by atoms with Gasteiger partial charge in [-0.2, -0.15) is 9.97 Å². The Bertz CT molecular complexity index is 3630. The molecule has 8 aromatic carbocycles. The van der Waals surface area contributed by atoms with Crippen molar-refractivity contribution in [2.45, 2.75) is 0 Å². The van der Waals surface area contributed by atoms with Crippen LogP contribution >= 0.6 is 0 Å². The molecule has 0 radical (unpaired) electrons. The second-order valence-electron chi connectivity index (χ2n) is 15.5. The Hall–Kier alpha value is -8.48. The highest BCUT2D eigenvalue weighted by molar-refractivity contribution is 6.19. The van der Waals surface area contributed by atoms with E-state index < -0.39 is 0 Å². The van der Waals surface area contributed by atoms with Gasteiger partial charge in [-0.15, -0.1) is 0 Å². The molecule has 0 unspecified atom stereocenters. The van der Waals surface area contributed by atoms with E-state index in [1.54, 1.807) is 0 Å². The van der Waals surface area contributed by atoms with Crippen LogP contribution in [0.25, 0.3) is 112 Å². The summed E-state index contributed by atoms with van der Waals surface area (Å²) in [6, 6.07) is 76.2. The van der Waals surface area contributed by atoms with Crippen LogP contribution in [0, 0.1) is 0 Å². The minimum atomic E-state index is 0.561. The van der Waals surface area contributed by atoms with Gasteiger partial charge in [0.25, 0.3) is 0 Å². The van der Waals surface area contributed by atoms with E-state index in [1.807, 2.05) is 30.3 Å². The van der Waals surface area contributed by atoms with Crippen LogP contribution in [0.15, 0.2) is 218 Å². The zero-order valence-electron chi connectivity index (χ0n) is 33.5. The zero-order chi connectivity index (χ0) is 41.0. The van der Waals surface area contributed by atoms with Crippen molar-refractivity contribution < 1.29 is 0 Å². The first-order chi connectivity index (χ1) is 30.7. The maximum absolute atomic E-state index is 5.30. The van der Waals surface area contributed by atoms with Crippen LogP contribution < -0.4 is 0 Å². The Morgan fingerprint density at radius 2 is 0.742 bits per heavy atom. The van der Waals surface area contributed by atoms with Gasteiger partial charge in [-0.25, -0.2) is 9.97 Å². The standard InChI is InChI=1S/C56H36N6/c1-4-17-37(18-5-1)40-23-14-25-42(33-40)55-58-54(39-21-8-3-9-22-39)59-56(60-55)62-51-32-13-11-28-45(51)47-35-52-46(36-53(47)62)44-27-10-12-31-50(44)61(52)43-26-15-24-41(34-43)49-30-16-29-48(57-49)38-19-6-2-7-20-38/h1-36H. The molecule has 12 rings (SSSR count). The summed E-state index contributed by atoms with van der Waals surface area (Å²) in [5.74, 6) is 1.79. The minimum Gasteiger partial charge on any atom is -0.309 e. The Balaban J connectivity index is 1.07. The summed E-state index contributed by atoms with van der Waals surface area (Å²) in [6.45, 7) is 0. The molecule has 0 saturated heterocycles. The monoisotopic (exact) mass is 792 g/mol. The van der Waals surface area contributed by atoms with Crippen molar-refractivity contribution in [2.75, 3.05) is 0 Å². The maximum Gasteiger partial charge on any atom is 0.238 e. The Morgan fingerprint density at radius 1 is 0.258 bits per heavy atom. The number of hydrogen-bond donors (Lipinski definition) is 0. The van der Waals surface area contributed by atoms with Gasteiger partial charge in [0.1, 0.15) is 0 Å². The molecule has 0 atom stereocenters. The third kappa shape index (κ3) is 6.04. The quantitative estimate of drug-likeness (QED) is 0.161. The SMILES string of the molecule is c1ccc(-c2cccc(-c3nc(-c4ccccc4)nc(-n4c5ccccc5c5cc6c(cc54)c4ccccc4n6-c4cccc(-c5cccc(-c6ccccc6)n5)c4)n3)c2)cc1. The fourth-order valence-corrected chi connectivity index (χ4v) is 8.87. The number of aromatic nitrogens is 6. The van der Waals surface area contributed by atoms with Gasteiger partial charge in [-0.05, 0) is 65.7 Å². The second-order valence-corrected chi connectivity index (χ2v) is 15.5. The summed E-state index contributed by atoms with van der Waals surface area (Å²) >= 11 is 0. The number of hydrogen-bond acceptors (Lipinski definition) is 4.